The van der Waals surface area contributed by atoms with Gasteiger partial charge in [0.05, 0.1) is 19.9 Å². The van der Waals surface area contributed by atoms with Crippen LogP contribution >= 0.6 is 15.9 Å². The minimum atomic E-state index is 0.495. The number of hydrogen-bond donors (Lipinski definition) is 0. The van der Waals surface area contributed by atoms with Crippen LogP contribution < -0.4 is 4.74 Å². The van der Waals surface area contributed by atoms with E-state index in [0.717, 1.165) is 4.47 Å². The smallest absolute Gasteiger partial charge is 0.235 e. The number of fused-ring (bicyclic) bond motifs is 1. The summed E-state index contributed by atoms with van der Waals surface area (Å²) in [7, 11) is 1.57. The van der Waals surface area contributed by atoms with Crippen LogP contribution in [0.15, 0.2) is 22.9 Å². The van der Waals surface area contributed by atoms with Crippen molar-refractivity contribution in [3.8, 4) is 5.75 Å². The van der Waals surface area contributed by atoms with Crippen molar-refractivity contribution < 1.29 is 4.74 Å². The maximum atomic E-state index is 6.97. The van der Waals surface area contributed by atoms with Crippen LogP contribution in [0.25, 0.3) is 10.4 Å². The summed E-state index contributed by atoms with van der Waals surface area (Å²) in [5.74, 6) is 0.642. The molecule has 4 nitrogen and oxygen atoms in total. The molecule has 0 fully saturated rings. The molecule has 0 bridgehead atoms. The first kappa shape index (κ1) is 9.03. The third-order valence-corrected chi connectivity index (χ3v) is 2.30. The van der Waals surface area contributed by atoms with Gasteiger partial charge in [0.1, 0.15) is 11.3 Å². The number of aromatic nitrogens is 2. The first-order valence-corrected chi connectivity index (χ1v) is 4.64. The SMILES string of the molecule is [C-]#[N+]c1cnn2cc(Br)cc(OC)c12. The van der Waals surface area contributed by atoms with Gasteiger partial charge in [-0.15, -0.1) is 0 Å². The van der Waals surface area contributed by atoms with E-state index in [1.54, 1.807) is 17.8 Å². The summed E-state index contributed by atoms with van der Waals surface area (Å²) in [6, 6.07) is 1.81. The maximum Gasteiger partial charge on any atom is 0.235 e. The Bertz CT molecular complexity index is 527. The quantitative estimate of drug-likeness (QED) is 0.730. The van der Waals surface area contributed by atoms with E-state index in [9.17, 15) is 0 Å². The molecule has 0 aliphatic rings. The Morgan fingerprint density at radius 2 is 2.43 bits per heavy atom. The van der Waals surface area contributed by atoms with Gasteiger partial charge in [-0.25, -0.2) is 9.36 Å². The molecule has 14 heavy (non-hydrogen) atoms. The van der Waals surface area contributed by atoms with Gasteiger partial charge in [0.2, 0.25) is 5.69 Å². The second-order valence-corrected chi connectivity index (χ2v) is 3.58. The predicted octanol–water partition coefficient (Wildman–Crippen LogP) is 2.66. The molecule has 0 aliphatic heterocycles. The topological polar surface area (TPSA) is 30.9 Å². The van der Waals surface area contributed by atoms with Crippen molar-refractivity contribution in [3.63, 3.8) is 0 Å². The number of methoxy groups -OCH3 is 1. The predicted molar refractivity (Wildman–Crippen MR) is 55.7 cm³/mol. The molecule has 0 saturated heterocycles. The van der Waals surface area contributed by atoms with E-state index in [2.05, 4.69) is 25.9 Å². The van der Waals surface area contributed by atoms with Gasteiger partial charge < -0.3 is 4.74 Å². The lowest BCUT2D eigenvalue weighted by atomic mass is 10.3. The highest BCUT2D eigenvalue weighted by atomic mass is 79.9. The molecule has 0 aromatic carbocycles. The van der Waals surface area contributed by atoms with E-state index < -0.39 is 0 Å². The number of hydrogen-bond acceptors (Lipinski definition) is 2. The third kappa shape index (κ3) is 1.24. The fourth-order valence-corrected chi connectivity index (χ4v) is 1.68. The van der Waals surface area contributed by atoms with E-state index in [1.807, 2.05) is 6.07 Å². The fourth-order valence-electron chi connectivity index (χ4n) is 1.28. The number of pyridine rings is 1. The van der Waals surface area contributed by atoms with Crippen molar-refractivity contribution in [1.29, 1.82) is 0 Å². The normalized spacial score (nSPS) is 10.1. The molecule has 5 heteroatoms. The zero-order valence-corrected chi connectivity index (χ0v) is 8.95. The van der Waals surface area contributed by atoms with Gasteiger partial charge in [-0.2, -0.15) is 5.10 Å². The Balaban J connectivity index is 2.87. The van der Waals surface area contributed by atoms with Gasteiger partial charge in [-0.3, -0.25) is 0 Å². The summed E-state index contributed by atoms with van der Waals surface area (Å²) in [5.41, 5.74) is 1.19. The molecule has 0 atom stereocenters. The first-order chi connectivity index (χ1) is 6.76. The van der Waals surface area contributed by atoms with E-state index in [1.165, 1.54) is 6.20 Å². The van der Waals surface area contributed by atoms with Crippen LogP contribution in [0.3, 0.4) is 0 Å². The zero-order valence-electron chi connectivity index (χ0n) is 7.36. The van der Waals surface area contributed by atoms with Crippen molar-refractivity contribution in [2.75, 3.05) is 7.11 Å². The van der Waals surface area contributed by atoms with E-state index >= 15 is 0 Å². The molecule has 2 rings (SSSR count). The Labute approximate surface area is 89.1 Å². The van der Waals surface area contributed by atoms with Crippen LogP contribution in [-0.4, -0.2) is 16.7 Å². The summed E-state index contributed by atoms with van der Waals surface area (Å²) in [6.07, 6.45) is 3.31. The summed E-state index contributed by atoms with van der Waals surface area (Å²) >= 11 is 3.34. The number of halogens is 1. The first-order valence-electron chi connectivity index (χ1n) is 3.84. The molecule has 0 aliphatic carbocycles. The lowest BCUT2D eigenvalue weighted by Gasteiger charge is -2.03. The van der Waals surface area contributed by atoms with E-state index in [0.29, 0.717) is 17.0 Å². The van der Waals surface area contributed by atoms with Crippen LogP contribution in [0.4, 0.5) is 5.69 Å². The second-order valence-electron chi connectivity index (χ2n) is 2.66. The third-order valence-electron chi connectivity index (χ3n) is 1.86. The highest BCUT2D eigenvalue weighted by molar-refractivity contribution is 9.10. The second kappa shape index (κ2) is 3.31. The Morgan fingerprint density at radius 1 is 1.64 bits per heavy atom. The standard InChI is InChI=1S/C9H6BrN3O/c1-11-7-4-12-13-5-6(10)3-8(14-2)9(7)13/h3-5H,2H3. The van der Waals surface area contributed by atoms with Crippen LogP contribution in [0.2, 0.25) is 0 Å². The molecule has 2 aromatic heterocycles. The molecule has 0 saturated carbocycles. The molecule has 70 valence electrons. The maximum absolute atomic E-state index is 6.97. The van der Waals surface area contributed by atoms with Crippen molar-refractivity contribution >= 4 is 27.1 Å². The van der Waals surface area contributed by atoms with Gasteiger partial charge in [0.25, 0.3) is 0 Å². The minimum Gasteiger partial charge on any atom is -0.496 e. The van der Waals surface area contributed by atoms with Crippen molar-refractivity contribution in [2.24, 2.45) is 0 Å². The van der Waals surface area contributed by atoms with Gasteiger partial charge >= 0.3 is 0 Å². The fraction of sp³-hybridized carbons (Fsp3) is 0.111. The summed E-state index contributed by atoms with van der Waals surface area (Å²) in [6.45, 7) is 6.97. The highest BCUT2D eigenvalue weighted by Crippen LogP contribution is 2.31. The molecule has 2 aromatic rings. The van der Waals surface area contributed by atoms with Gasteiger partial charge in [-0.1, -0.05) is 0 Å². The molecule has 0 radical (unpaired) electrons. The summed E-state index contributed by atoms with van der Waals surface area (Å²) < 4.78 is 7.66. The van der Waals surface area contributed by atoms with Gasteiger partial charge in [-0.05, 0) is 22.0 Å². The highest BCUT2D eigenvalue weighted by Gasteiger charge is 2.10. The Morgan fingerprint density at radius 3 is 3.07 bits per heavy atom. The lowest BCUT2D eigenvalue weighted by Crippen LogP contribution is -1.91. The molecule has 2 heterocycles. The minimum absolute atomic E-state index is 0.495. The lowest BCUT2D eigenvalue weighted by molar-refractivity contribution is 0.417. The monoisotopic (exact) mass is 251 g/mol. The van der Waals surface area contributed by atoms with Gasteiger partial charge in [0, 0.05) is 10.7 Å². The Hall–Kier alpha value is -1.54. The van der Waals surface area contributed by atoms with Crippen molar-refractivity contribution in [3.05, 3.63) is 34.3 Å². The van der Waals surface area contributed by atoms with Crippen LogP contribution in [0, 0.1) is 6.57 Å². The molecular formula is C9H6BrN3O. The number of rotatable bonds is 1. The summed E-state index contributed by atoms with van der Waals surface area (Å²) in [4.78, 5) is 3.37. The van der Waals surface area contributed by atoms with Crippen molar-refractivity contribution in [1.82, 2.24) is 9.61 Å². The molecular weight excluding hydrogens is 246 g/mol. The van der Waals surface area contributed by atoms with Crippen molar-refractivity contribution in [2.45, 2.75) is 0 Å². The molecule has 0 N–H and O–H groups in total. The van der Waals surface area contributed by atoms with E-state index in [-0.39, 0.29) is 0 Å². The average Bonchev–Trinajstić information content (AvgIpc) is 2.59. The van der Waals surface area contributed by atoms with Gasteiger partial charge in [0.15, 0.2) is 0 Å². The largest absolute Gasteiger partial charge is 0.496 e. The molecule has 0 spiro atoms. The van der Waals surface area contributed by atoms with Crippen LogP contribution in [0.1, 0.15) is 0 Å². The average molecular weight is 252 g/mol. The van der Waals surface area contributed by atoms with Crippen LogP contribution in [0.5, 0.6) is 5.75 Å². The van der Waals surface area contributed by atoms with Crippen LogP contribution in [-0.2, 0) is 0 Å². The van der Waals surface area contributed by atoms with E-state index in [4.69, 9.17) is 11.3 Å². The molecule has 0 unspecified atom stereocenters. The Kier molecular flexibility index (Phi) is 2.14. The summed E-state index contributed by atoms with van der Waals surface area (Å²) in [5, 5.41) is 4.05. The number of ether oxygens (including phenoxy) is 1. The number of nitrogens with zero attached hydrogens (tertiary/aromatic N) is 3. The molecule has 0 amide bonds. The zero-order chi connectivity index (χ0) is 10.1.